The molecule has 1 atom stereocenters. The number of hydrogen-bond acceptors (Lipinski definition) is 5. The zero-order valence-corrected chi connectivity index (χ0v) is 15.6. The molecule has 2 N–H and O–H groups in total. The lowest BCUT2D eigenvalue weighted by Gasteiger charge is -2.18. The highest BCUT2D eigenvalue weighted by molar-refractivity contribution is 5.79. The topological polar surface area (TPSA) is 82.1 Å². The standard InChI is InChI=1S/C21H24N4O2/c1-21(2,13-26)9-15-10-22-20-19(15)24-18(11-23-20)14-4-3-5-16(8-14)25-7-6-17(27)12-25/h3-5,8,10-11,13,17,27H,6-7,9,12H2,1-2H3,(H,22,23). The second-order valence-electron chi connectivity index (χ2n) is 7.99. The number of nitrogens with zero attached hydrogens (tertiary/aromatic N) is 3. The van der Waals surface area contributed by atoms with Crippen LogP contribution in [0, 0.1) is 5.41 Å². The van der Waals surface area contributed by atoms with Crippen molar-refractivity contribution in [2.75, 3.05) is 18.0 Å². The minimum atomic E-state index is -0.441. The largest absolute Gasteiger partial charge is 0.391 e. The van der Waals surface area contributed by atoms with Gasteiger partial charge < -0.3 is 19.8 Å². The van der Waals surface area contributed by atoms with E-state index >= 15 is 0 Å². The van der Waals surface area contributed by atoms with Gasteiger partial charge in [0.2, 0.25) is 0 Å². The molecule has 0 bridgehead atoms. The molecule has 0 saturated carbocycles. The third-order valence-corrected chi connectivity index (χ3v) is 5.10. The van der Waals surface area contributed by atoms with Gasteiger partial charge in [0.15, 0.2) is 5.65 Å². The number of H-pyrrole nitrogens is 1. The minimum absolute atomic E-state index is 0.256. The monoisotopic (exact) mass is 364 g/mol. The summed E-state index contributed by atoms with van der Waals surface area (Å²) < 4.78 is 0. The summed E-state index contributed by atoms with van der Waals surface area (Å²) in [6.07, 6.45) is 5.80. The summed E-state index contributed by atoms with van der Waals surface area (Å²) in [5, 5.41) is 9.79. The van der Waals surface area contributed by atoms with E-state index in [9.17, 15) is 9.90 Å². The Morgan fingerprint density at radius 1 is 1.41 bits per heavy atom. The van der Waals surface area contributed by atoms with Gasteiger partial charge in [0, 0.05) is 36.0 Å². The van der Waals surface area contributed by atoms with E-state index in [0.29, 0.717) is 13.0 Å². The first kappa shape index (κ1) is 17.7. The van der Waals surface area contributed by atoms with Crippen molar-refractivity contribution in [1.82, 2.24) is 15.0 Å². The van der Waals surface area contributed by atoms with Gasteiger partial charge in [-0.3, -0.25) is 0 Å². The lowest BCUT2D eigenvalue weighted by molar-refractivity contribution is -0.114. The van der Waals surface area contributed by atoms with Crippen LogP contribution in [0.4, 0.5) is 5.69 Å². The van der Waals surface area contributed by atoms with Crippen LogP contribution < -0.4 is 4.90 Å². The number of benzene rings is 1. The maximum Gasteiger partial charge on any atom is 0.156 e. The molecule has 1 aromatic carbocycles. The Balaban J connectivity index is 1.69. The quantitative estimate of drug-likeness (QED) is 0.680. The molecule has 6 nitrogen and oxygen atoms in total. The lowest BCUT2D eigenvalue weighted by Crippen LogP contribution is -2.20. The van der Waals surface area contributed by atoms with E-state index in [2.05, 4.69) is 27.0 Å². The van der Waals surface area contributed by atoms with Crippen molar-refractivity contribution in [3.63, 3.8) is 0 Å². The summed E-state index contributed by atoms with van der Waals surface area (Å²) in [4.78, 5) is 26.0. The number of rotatable bonds is 5. The average molecular weight is 364 g/mol. The first-order valence-electron chi connectivity index (χ1n) is 9.28. The van der Waals surface area contributed by atoms with Gasteiger partial charge in [0.05, 0.1) is 18.0 Å². The highest BCUT2D eigenvalue weighted by Gasteiger charge is 2.22. The number of aromatic amines is 1. The summed E-state index contributed by atoms with van der Waals surface area (Å²) in [5.74, 6) is 0. The highest BCUT2D eigenvalue weighted by Crippen LogP contribution is 2.28. The molecule has 0 radical (unpaired) electrons. The van der Waals surface area contributed by atoms with Crippen LogP contribution in [-0.4, -0.2) is 45.5 Å². The van der Waals surface area contributed by atoms with Crippen molar-refractivity contribution in [3.05, 3.63) is 42.2 Å². The Hall–Kier alpha value is -2.73. The fraction of sp³-hybridized carbons (Fsp3) is 0.381. The molecule has 2 aromatic heterocycles. The molecule has 1 aliphatic heterocycles. The highest BCUT2D eigenvalue weighted by atomic mass is 16.3. The Morgan fingerprint density at radius 3 is 3.00 bits per heavy atom. The Kier molecular flexibility index (Phi) is 4.44. The van der Waals surface area contributed by atoms with Crippen molar-refractivity contribution >= 4 is 23.1 Å². The molecule has 3 aromatic rings. The predicted molar refractivity (Wildman–Crippen MR) is 106 cm³/mol. The number of fused-ring (bicyclic) bond motifs is 1. The van der Waals surface area contributed by atoms with Crippen LogP contribution in [0.25, 0.3) is 22.4 Å². The van der Waals surface area contributed by atoms with E-state index in [1.165, 1.54) is 0 Å². The number of carbonyl (C=O) groups is 1. The van der Waals surface area contributed by atoms with E-state index in [1.807, 2.05) is 32.2 Å². The van der Waals surface area contributed by atoms with Gasteiger partial charge >= 0.3 is 0 Å². The third kappa shape index (κ3) is 3.57. The Labute approximate surface area is 158 Å². The van der Waals surface area contributed by atoms with Crippen LogP contribution in [0.15, 0.2) is 36.7 Å². The van der Waals surface area contributed by atoms with Crippen LogP contribution in [0.5, 0.6) is 0 Å². The normalized spacial score (nSPS) is 17.6. The number of nitrogens with one attached hydrogen (secondary N) is 1. The van der Waals surface area contributed by atoms with Crippen molar-refractivity contribution < 1.29 is 9.90 Å². The van der Waals surface area contributed by atoms with Crippen molar-refractivity contribution in [2.45, 2.75) is 32.8 Å². The smallest absolute Gasteiger partial charge is 0.156 e. The lowest BCUT2D eigenvalue weighted by atomic mass is 9.88. The van der Waals surface area contributed by atoms with Gasteiger partial charge in [0.25, 0.3) is 0 Å². The fourth-order valence-electron chi connectivity index (χ4n) is 3.59. The number of aromatic nitrogens is 3. The van der Waals surface area contributed by atoms with Gasteiger partial charge in [-0.2, -0.15) is 0 Å². The number of aldehydes is 1. The zero-order chi connectivity index (χ0) is 19.0. The van der Waals surface area contributed by atoms with Gasteiger partial charge in [0.1, 0.15) is 11.8 Å². The minimum Gasteiger partial charge on any atom is -0.391 e. The molecule has 27 heavy (non-hydrogen) atoms. The van der Waals surface area contributed by atoms with Crippen LogP contribution in [0.1, 0.15) is 25.8 Å². The van der Waals surface area contributed by atoms with Crippen LogP contribution in [0.2, 0.25) is 0 Å². The number of hydrogen-bond donors (Lipinski definition) is 2. The number of anilines is 1. The van der Waals surface area contributed by atoms with E-state index < -0.39 is 5.41 Å². The Bertz CT molecular complexity index is 979. The summed E-state index contributed by atoms with van der Waals surface area (Å²) in [7, 11) is 0. The third-order valence-electron chi connectivity index (χ3n) is 5.10. The molecule has 1 unspecified atom stereocenters. The number of aliphatic hydroxyl groups is 1. The molecule has 140 valence electrons. The van der Waals surface area contributed by atoms with E-state index in [1.54, 1.807) is 6.20 Å². The van der Waals surface area contributed by atoms with E-state index in [0.717, 1.165) is 52.9 Å². The molecule has 4 rings (SSSR count). The zero-order valence-electron chi connectivity index (χ0n) is 15.6. The van der Waals surface area contributed by atoms with Crippen LogP contribution in [0.3, 0.4) is 0 Å². The average Bonchev–Trinajstić information content (AvgIpc) is 3.28. The molecule has 1 saturated heterocycles. The summed E-state index contributed by atoms with van der Waals surface area (Å²) in [5.41, 5.74) is 4.97. The van der Waals surface area contributed by atoms with E-state index in [-0.39, 0.29) is 6.10 Å². The molecule has 6 heteroatoms. The molecular weight excluding hydrogens is 340 g/mol. The van der Waals surface area contributed by atoms with Crippen molar-refractivity contribution in [1.29, 1.82) is 0 Å². The Morgan fingerprint density at radius 2 is 2.26 bits per heavy atom. The molecule has 0 aliphatic carbocycles. The van der Waals surface area contributed by atoms with Gasteiger partial charge in [-0.1, -0.05) is 26.0 Å². The van der Waals surface area contributed by atoms with Gasteiger partial charge in [-0.05, 0) is 30.5 Å². The molecule has 1 fully saturated rings. The number of β-amino-alcohol motifs (C(OH)–C–C–N with tert-alkyl or cyclic N) is 1. The molecule has 0 amide bonds. The van der Waals surface area contributed by atoms with Gasteiger partial charge in [-0.25, -0.2) is 9.97 Å². The first-order valence-corrected chi connectivity index (χ1v) is 9.28. The number of carbonyl (C=O) groups excluding carboxylic acids is 1. The molecular formula is C21H24N4O2. The van der Waals surface area contributed by atoms with Crippen LogP contribution in [-0.2, 0) is 11.2 Å². The SMILES string of the molecule is CC(C)(C=O)Cc1c[nH]c2ncc(-c3cccc(N4CCC(O)C4)c3)nc12. The van der Waals surface area contributed by atoms with E-state index in [4.69, 9.17) is 4.98 Å². The second-order valence-corrected chi connectivity index (χ2v) is 7.99. The van der Waals surface area contributed by atoms with Crippen molar-refractivity contribution in [3.8, 4) is 11.3 Å². The van der Waals surface area contributed by atoms with Crippen LogP contribution >= 0.6 is 0 Å². The maximum absolute atomic E-state index is 11.3. The molecule has 1 aliphatic rings. The fourth-order valence-corrected chi connectivity index (χ4v) is 3.59. The number of aliphatic hydroxyl groups excluding tert-OH is 1. The summed E-state index contributed by atoms with van der Waals surface area (Å²) in [6.45, 7) is 5.36. The summed E-state index contributed by atoms with van der Waals surface area (Å²) >= 11 is 0. The molecule has 3 heterocycles. The second kappa shape index (κ2) is 6.78. The predicted octanol–water partition coefficient (Wildman–Crippen LogP) is 2.96. The maximum atomic E-state index is 11.3. The molecule has 0 spiro atoms. The van der Waals surface area contributed by atoms with Crippen molar-refractivity contribution in [2.24, 2.45) is 5.41 Å². The first-order chi connectivity index (χ1) is 12.9. The van der Waals surface area contributed by atoms with Gasteiger partial charge in [-0.15, -0.1) is 0 Å². The summed E-state index contributed by atoms with van der Waals surface area (Å²) in [6, 6.07) is 8.18.